The fourth-order valence-electron chi connectivity index (χ4n) is 2.22. The number of rotatable bonds is 7. The van der Waals surface area contributed by atoms with E-state index in [1.807, 2.05) is 30.3 Å². The molecule has 0 saturated heterocycles. The molecule has 0 spiro atoms. The van der Waals surface area contributed by atoms with Gasteiger partial charge in [0.2, 0.25) is 10.0 Å². The smallest absolute Gasteiger partial charge is 0.385 e. The Morgan fingerprint density at radius 3 is 2.08 bits per heavy atom. The summed E-state index contributed by atoms with van der Waals surface area (Å²) < 4.78 is 61.7. The Labute approximate surface area is 144 Å². The van der Waals surface area contributed by atoms with E-state index in [0.717, 1.165) is 17.8 Å². The number of benzene rings is 2. The van der Waals surface area contributed by atoms with Gasteiger partial charge in [-0.15, -0.1) is 0 Å². The second-order valence-electron chi connectivity index (χ2n) is 5.33. The zero-order valence-corrected chi connectivity index (χ0v) is 14.0. The highest BCUT2D eigenvalue weighted by atomic mass is 32.2. The van der Waals surface area contributed by atoms with Crippen LogP contribution in [0.4, 0.5) is 24.5 Å². The number of hydrogen-bond acceptors (Lipinski definition) is 4. The minimum atomic E-state index is -4.81. The summed E-state index contributed by atoms with van der Waals surface area (Å²) in [5.41, 5.74) is -0.138. The van der Waals surface area contributed by atoms with Gasteiger partial charge in [0.25, 0.3) is 0 Å². The van der Waals surface area contributed by atoms with Gasteiger partial charge in [0.1, 0.15) is 0 Å². The lowest BCUT2D eigenvalue weighted by molar-refractivity contribution is -0.139. The normalized spacial score (nSPS) is 12.0. The van der Waals surface area contributed by atoms with E-state index in [1.165, 1.54) is 6.07 Å². The summed E-state index contributed by atoms with van der Waals surface area (Å²) >= 11 is 0. The van der Waals surface area contributed by atoms with Crippen LogP contribution < -0.4 is 15.8 Å². The van der Waals surface area contributed by atoms with Gasteiger partial charge in [0, 0.05) is 24.5 Å². The van der Waals surface area contributed by atoms with Gasteiger partial charge in [0.15, 0.2) is 0 Å². The van der Waals surface area contributed by atoms with Gasteiger partial charge in [0.05, 0.1) is 10.5 Å². The van der Waals surface area contributed by atoms with Gasteiger partial charge < -0.3 is 10.6 Å². The zero-order valence-electron chi connectivity index (χ0n) is 13.2. The maximum atomic E-state index is 13.0. The number of halogens is 3. The Kier molecular flexibility index (Phi) is 5.91. The quantitative estimate of drug-likeness (QED) is 0.651. The van der Waals surface area contributed by atoms with Crippen molar-refractivity contribution < 1.29 is 21.6 Å². The first-order chi connectivity index (χ1) is 11.7. The molecule has 0 atom stereocenters. The molecule has 0 aliphatic rings. The second-order valence-corrected chi connectivity index (χ2v) is 6.86. The third kappa shape index (κ3) is 5.64. The van der Waals surface area contributed by atoms with E-state index in [2.05, 4.69) is 10.6 Å². The van der Waals surface area contributed by atoms with Crippen LogP contribution >= 0.6 is 0 Å². The Morgan fingerprint density at radius 1 is 0.920 bits per heavy atom. The van der Waals surface area contributed by atoms with Crippen LogP contribution in [-0.4, -0.2) is 21.5 Å². The van der Waals surface area contributed by atoms with E-state index in [0.29, 0.717) is 19.5 Å². The molecule has 0 radical (unpaired) electrons. The summed E-state index contributed by atoms with van der Waals surface area (Å²) in [5, 5.41) is 10.9. The van der Waals surface area contributed by atoms with Crippen molar-refractivity contribution in [3.05, 3.63) is 54.1 Å². The van der Waals surface area contributed by atoms with Gasteiger partial charge in [-0.25, -0.2) is 13.6 Å². The van der Waals surface area contributed by atoms with E-state index >= 15 is 0 Å². The summed E-state index contributed by atoms with van der Waals surface area (Å²) in [5.74, 6) is 0. The van der Waals surface area contributed by atoms with Crippen LogP contribution in [0.25, 0.3) is 0 Å². The number of nitrogens with two attached hydrogens (primary N) is 1. The Hall–Kier alpha value is -2.26. The minimum Gasteiger partial charge on any atom is -0.385 e. The summed E-state index contributed by atoms with van der Waals surface area (Å²) in [6, 6.07) is 12.4. The van der Waals surface area contributed by atoms with Crippen molar-refractivity contribution in [2.24, 2.45) is 5.14 Å². The molecular weight excluding hydrogens is 355 g/mol. The van der Waals surface area contributed by atoms with Crippen LogP contribution in [-0.2, 0) is 16.2 Å². The van der Waals surface area contributed by atoms with Gasteiger partial charge >= 0.3 is 6.18 Å². The zero-order chi connectivity index (χ0) is 18.5. The number of anilines is 2. The van der Waals surface area contributed by atoms with Crippen molar-refractivity contribution in [1.29, 1.82) is 0 Å². The fourth-order valence-corrected chi connectivity index (χ4v) is 2.96. The predicted molar refractivity (Wildman–Crippen MR) is 90.9 cm³/mol. The Balaban J connectivity index is 1.96. The molecule has 2 rings (SSSR count). The molecule has 0 heterocycles. The second kappa shape index (κ2) is 7.75. The molecule has 9 heteroatoms. The molecular formula is C16H18F3N3O2S. The van der Waals surface area contributed by atoms with Gasteiger partial charge in [-0.3, -0.25) is 0 Å². The molecule has 2 aromatic carbocycles. The highest BCUT2D eigenvalue weighted by Gasteiger charge is 2.36. The highest BCUT2D eigenvalue weighted by Crippen LogP contribution is 2.35. The van der Waals surface area contributed by atoms with Crippen molar-refractivity contribution in [2.75, 3.05) is 23.7 Å². The molecule has 0 unspecified atom stereocenters. The third-order valence-electron chi connectivity index (χ3n) is 3.38. The molecule has 136 valence electrons. The van der Waals surface area contributed by atoms with Gasteiger partial charge in [-0.1, -0.05) is 18.2 Å². The molecule has 0 saturated carbocycles. The first-order valence-electron chi connectivity index (χ1n) is 7.45. The Morgan fingerprint density at radius 2 is 1.52 bits per heavy atom. The molecule has 0 amide bonds. The summed E-state index contributed by atoms with van der Waals surface area (Å²) in [6.07, 6.45) is -4.15. The molecule has 0 aliphatic heterocycles. The molecule has 0 aliphatic carbocycles. The van der Waals surface area contributed by atoms with Crippen molar-refractivity contribution in [3.8, 4) is 0 Å². The first-order valence-corrected chi connectivity index (χ1v) is 8.99. The Bertz CT molecular complexity index is 809. The number of hydrogen-bond donors (Lipinski definition) is 3. The summed E-state index contributed by atoms with van der Waals surface area (Å²) in [6.45, 7) is 1.06. The predicted octanol–water partition coefficient (Wildman–Crippen LogP) is 3.27. The van der Waals surface area contributed by atoms with Crippen molar-refractivity contribution in [1.82, 2.24) is 0 Å². The van der Waals surface area contributed by atoms with Crippen LogP contribution in [0.1, 0.15) is 12.0 Å². The highest BCUT2D eigenvalue weighted by molar-refractivity contribution is 7.89. The van der Waals surface area contributed by atoms with Crippen LogP contribution in [0.5, 0.6) is 0 Å². The lowest BCUT2D eigenvalue weighted by Crippen LogP contribution is -2.19. The standard InChI is InChI=1S/C16H18F3N3O2S/c17-16(18,19)14-11-13(7-8-15(14)25(20,23)24)22-10-4-9-21-12-5-2-1-3-6-12/h1-3,5-8,11,21-22H,4,9-10H2,(H2,20,23,24). The number of nitrogens with one attached hydrogen (secondary N) is 2. The number of primary sulfonamides is 1. The topological polar surface area (TPSA) is 84.2 Å². The van der Waals surface area contributed by atoms with Crippen molar-refractivity contribution >= 4 is 21.4 Å². The minimum absolute atomic E-state index is 0.180. The van der Waals surface area contributed by atoms with E-state index < -0.39 is 26.7 Å². The first kappa shape index (κ1) is 19.1. The number of sulfonamides is 1. The average molecular weight is 373 g/mol. The van der Waals surface area contributed by atoms with Crippen molar-refractivity contribution in [2.45, 2.75) is 17.5 Å². The summed E-state index contributed by atoms with van der Waals surface area (Å²) in [4.78, 5) is -0.934. The maximum Gasteiger partial charge on any atom is 0.417 e. The molecule has 0 aromatic heterocycles. The molecule has 0 bridgehead atoms. The summed E-state index contributed by atoms with van der Waals surface area (Å²) in [7, 11) is -4.45. The molecule has 5 nitrogen and oxygen atoms in total. The third-order valence-corrected chi connectivity index (χ3v) is 4.35. The van der Waals surface area contributed by atoms with E-state index in [-0.39, 0.29) is 5.69 Å². The lowest BCUT2D eigenvalue weighted by Gasteiger charge is -2.14. The molecule has 0 fully saturated rings. The molecule has 25 heavy (non-hydrogen) atoms. The van der Waals surface area contributed by atoms with Crippen LogP contribution in [0.2, 0.25) is 0 Å². The van der Waals surface area contributed by atoms with Crippen LogP contribution in [0, 0.1) is 0 Å². The largest absolute Gasteiger partial charge is 0.417 e. The maximum absolute atomic E-state index is 13.0. The monoisotopic (exact) mass is 373 g/mol. The van der Waals surface area contributed by atoms with Crippen molar-refractivity contribution in [3.63, 3.8) is 0 Å². The van der Waals surface area contributed by atoms with Gasteiger partial charge in [-0.2, -0.15) is 13.2 Å². The van der Waals surface area contributed by atoms with Crippen LogP contribution in [0.3, 0.4) is 0 Å². The van der Waals surface area contributed by atoms with E-state index in [1.54, 1.807) is 0 Å². The van der Waals surface area contributed by atoms with Gasteiger partial charge in [-0.05, 0) is 36.8 Å². The van der Waals surface area contributed by atoms with E-state index in [9.17, 15) is 21.6 Å². The number of para-hydroxylation sites is 1. The molecule has 4 N–H and O–H groups in total. The molecule has 2 aromatic rings. The average Bonchev–Trinajstić information content (AvgIpc) is 2.53. The van der Waals surface area contributed by atoms with Crippen LogP contribution in [0.15, 0.2) is 53.4 Å². The number of alkyl halides is 3. The van der Waals surface area contributed by atoms with E-state index in [4.69, 9.17) is 5.14 Å². The SMILES string of the molecule is NS(=O)(=O)c1ccc(NCCCNc2ccccc2)cc1C(F)(F)F. The lowest BCUT2D eigenvalue weighted by atomic mass is 10.2. The fraction of sp³-hybridized carbons (Fsp3) is 0.250.